The van der Waals surface area contributed by atoms with Gasteiger partial charge in [-0.25, -0.2) is 4.98 Å². The van der Waals surface area contributed by atoms with E-state index in [1.165, 1.54) is 0 Å². The molecule has 0 fully saturated rings. The number of fused-ring (bicyclic) bond motifs is 1. The number of halogens is 1. The number of pyridine rings is 1. The minimum Gasteiger partial charge on any atom is -0.396 e. The lowest BCUT2D eigenvalue weighted by molar-refractivity contribution is 0.220. The van der Waals surface area contributed by atoms with Gasteiger partial charge in [0.25, 0.3) is 0 Å². The van der Waals surface area contributed by atoms with Crippen molar-refractivity contribution in [2.45, 2.75) is 20.3 Å². The molecule has 1 aromatic heterocycles. The molecule has 1 heterocycles. The molecule has 0 aliphatic rings. The molecule has 2 N–H and O–H groups in total. The molecule has 0 saturated heterocycles. The predicted octanol–water partition coefficient (Wildman–Crippen LogP) is 3.82. The highest BCUT2D eigenvalue weighted by molar-refractivity contribution is 9.10. The van der Waals surface area contributed by atoms with E-state index in [0.29, 0.717) is 0 Å². The van der Waals surface area contributed by atoms with Gasteiger partial charge in [0.05, 0.1) is 0 Å². The van der Waals surface area contributed by atoms with E-state index in [2.05, 4.69) is 46.1 Å². The number of hydrogen-bond donors (Lipinski definition) is 2. The number of rotatable bonds is 5. The van der Waals surface area contributed by atoms with Crippen molar-refractivity contribution in [1.29, 1.82) is 0 Å². The van der Waals surface area contributed by atoms with Crippen LogP contribution in [0.3, 0.4) is 0 Å². The summed E-state index contributed by atoms with van der Waals surface area (Å²) >= 11 is 3.56. The number of nitrogens with zero attached hydrogens (tertiary/aromatic N) is 1. The summed E-state index contributed by atoms with van der Waals surface area (Å²) in [6.45, 7) is 5.27. The molecule has 0 spiro atoms. The van der Waals surface area contributed by atoms with E-state index in [1.807, 2.05) is 24.4 Å². The standard InChI is InChI=1S/C15H19BrN2O/c1-15(2,7-9-19)10-18-14-12-4-3-5-13(16)11(12)6-8-17-14/h3-6,8,19H,7,9-10H2,1-2H3,(H,17,18). The fourth-order valence-electron chi connectivity index (χ4n) is 2.02. The van der Waals surface area contributed by atoms with Gasteiger partial charge >= 0.3 is 0 Å². The van der Waals surface area contributed by atoms with Crippen molar-refractivity contribution in [3.63, 3.8) is 0 Å². The van der Waals surface area contributed by atoms with Crippen molar-refractivity contribution in [3.8, 4) is 0 Å². The highest BCUT2D eigenvalue weighted by Gasteiger charge is 2.17. The molecule has 0 atom stereocenters. The van der Waals surface area contributed by atoms with Crippen molar-refractivity contribution in [3.05, 3.63) is 34.9 Å². The Morgan fingerprint density at radius 1 is 1.26 bits per heavy atom. The van der Waals surface area contributed by atoms with Crippen LogP contribution in [0.15, 0.2) is 34.9 Å². The highest BCUT2D eigenvalue weighted by Crippen LogP contribution is 2.28. The topological polar surface area (TPSA) is 45.1 Å². The van der Waals surface area contributed by atoms with Crippen LogP contribution >= 0.6 is 15.9 Å². The molecule has 3 nitrogen and oxygen atoms in total. The Labute approximate surface area is 122 Å². The SMILES string of the molecule is CC(C)(CCO)CNc1nccc2c(Br)cccc12. The number of anilines is 1. The Morgan fingerprint density at radius 3 is 2.79 bits per heavy atom. The molecule has 2 aromatic rings. The van der Waals surface area contributed by atoms with Crippen LogP contribution in [0.25, 0.3) is 10.8 Å². The Bertz CT molecular complexity index is 569. The van der Waals surface area contributed by atoms with Gasteiger partial charge in [0.1, 0.15) is 5.82 Å². The normalized spacial score (nSPS) is 11.8. The molecule has 1 aromatic carbocycles. The zero-order valence-corrected chi connectivity index (χ0v) is 12.9. The first-order chi connectivity index (χ1) is 9.03. The number of aliphatic hydroxyl groups excluding tert-OH is 1. The van der Waals surface area contributed by atoms with E-state index >= 15 is 0 Å². The zero-order chi connectivity index (χ0) is 13.9. The van der Waals surface area contributed by atoms with Crippen molar-refractivity contribution in [2.24, 2.45) is 5.41 Å². The molecule has 2 rings (SSSR count). The van der Waals surface area contributed by atoms with Gasteiger partial charge in [-0.2, -0.15) is 0 Å². The van der Waals surface area contributed by atoms with Crippen molar-refractivity contribution < 1.29 is 5.11 Å². The van der Waals surface area contributed by atoms with E-state index in [4.69, 9.17) is 5.11 Å². The summed E-state index contributed by atoms with van der Waals surface area (Å²) in [5.74, 6) is 0.893. The van der Waals surface area contributed by atoms with Gasteiger partial charge in [-0.3, -0.25) is 0 Å². The van der Waals surface area contributed by atoms with Crippen LogP contribution in [0, 0.1) is 5.41 Å². The summed E-state index contributed by atoms with van der Waals surface area (Å²) < 4.78 is 1.07. The van der Waals surface area contributed by atoms with E-state index in [0.717, 1.165) is 34.0 Å². The highest BCUT2D eigenvalue weighted by atomic mass is 79.9. The summed E-state index contributed by atoms with van der Waals surface area (Å²) in [6, 6.07) is 8.11. The van der Waals surface area contributed by atoms with Gasteiger partial charge < -0.3 is 10.4 Å². The van der Waals surface area contributed by atoms with E-state index < -0.39 is 0 Å². The second kappa shape index (κ2) is 5.88. The summed E-state index contributed by atoms with van der Waals surface area (Å²) in [6.07, 6.45) is 2.59. The molecule has 0 bridgehead atoms. The van der Waals surface area contributed by atoms with Crippen molar-refractivity contribution in [1.82, 2.24) is 4.98 Å². The number of nitrogens with one attached hydrogen (secondary N) is 1. The third kappa shape index (κ3) is 3.45. The molecule has 0 amide bonds. The lowest BCUT2D eigenvalue weighted by Gasteiger charge is -2.24. The molecule has 4 heteroatoms. The molecular formula is C15H19BrN2O. The Hall–Kier alpha value is -1.13. The Balaban J connectivity index is 2.24. The summed E-state index contributed by atoms with van der Waals surface area (Å²) in [7, 11) is 0. The fourth-order valence-corrected chi connectivity index (χ4v) is 2.52. The maximum Gasteiger partial charge on any atom is 0.133 e. The first-order valence-electron chi connectivity index (χ1n) is 6.41. The molecule has 0 saturated carbocycles. The second-order valence-corrected chi connectivity index (χ2v) is 6.34. The van der Waals surface area contributed by atoms with Crippen LogP contribution in [-0.4, -0.2) is 23.2 Å². The molecule has 0 aliphatic heterocycles. The van der Waals surface area contributed by atoms with E-state index in [-0.39, 0.29) is 12.0 Å². The molecule has 19 heavy (non-hydrogen) atoms. The molecule has 102 valence electrons. The monoisotopic (exact) mass is 322 g/mol. The van der Waals surface area contributed by atoms with E-state index in [1.54, 1.807) is 0 Å². The minimum atomic E-state index is 0.0462. The van der Waals surface area contributed by atoms with Crippen LogP contribution in [0.4, 0.5) is 5.82 Å². The van der Waals surface area contributed by atoms with Gasteiger partial charge in [-0.15, -0.1) is 0 Å². The summed E-state index contributed by atoms with van der Waals surface area (Å²) in [5, 5.41) is 14.7. The lowest BCUT2D eigenvalue weighted by atomic mass is 9.90. The van der Waals surface area contributed by atoms with Crippen LogP contribution in [0.1, 0.15) is 20.3 Å². The quantitative estimate of drug-likeness (QED) is 0.879. The van der Waals surface area contributed by atoms with Gasteiger partial charge in [-0.05, 0) is 24.0 Å². The van der Waals surface area contributed by atoms with Gasteiger partial charge in [0, 0.05) is 34.6 Å². The number of benzene rings is 1. The van der Waals surface area contributed by atoms with Crippen LogP contribution in [0.5, 0.6) is 0 Å². The molecule has 0 radical (unpaired) electrons. The Kier molecular flexibility index (Phi) is 4.42. The second-order valence-electron chi connectivity index (χ2n) is 5.49. The first-order valence-corrected chi connectivity index (χ1v) is 7.21. The average molecular weight is 323 g/mol. The maximum atomic E-state index is 9.06. The van der Waals surface area contributed by atoms with Crippen molar-refractivity contribution in [2.75, 3.05) is 18.5 Å². The summed E-state index contributed by atoms with van der Waals surface area (Å²) in [5.41, 5.74) is 0.0462. The first kappa shape index (κ1) is 14.3. The largest absolute Gasteiger partial charge is 0.396 e. The third-order valence-corrected chi connectivity index (χ3v) is 3.97. The van der Waals surface area contributed by atoms with Gasteiger partial charge in [-0.1, -0.05) is 41.9 Å². The van der Waals surface area contributed by atoms with Crippen LogP contribution < -0.4 is 5.32 Å². The Morgan fingerprint density at radius 2 is 2.05 bits per heavy atom. The molecular weight excluding hydrogens is 304 g/mol. The average Bonchev–Trinajstić information content (AvgIpc) is 2.37. The number of hydrogen-bond acceptors (Lipinski definition) is 3. The van der Waals surface area contributed by atoms with Crippen molar-refractivity contribution >= 4 is 32.5 Å². The maximum absolute atomic E-state index is 9.06. The lowest BCUT2D eigenvalue weighted by Crippen LogP contribution is -2.24. The number of aromatic nitrogens is 1. The third-order valence-electron chi connectivity index (χ3n) is 3.28. The van der Waals surface area contributed by atoms with Gasteiger partial charge in [0.2, 0.25) is 0 Å². The predicted molar refractivity (Wildman–Crippen MR) is 83.4 cm³/mol. The van der Waals surface area contributed by atoms with Gasteiger partial charge in [0.15, 0.2) is 0 Å². The molecule has 0 aliphatic carbocycles. The zero-order valence-electron chi connectivity index (χ0n) is 11.3. The minimum absolute atomic E-state index is 0.0462. The molecule has 0 unspecified atom stereocenters. The van der Waals surface area contributed by atoms with Crippen LogP contribution in [-0.2, 0) is 0 Å². The summed E-state index contributed by atoms with van der Waals surface area (Å²) in [4.78, 5) is 4.42. The van der Waals surface area contributed by atoms with Crippen LogP contribution in [0.2, 0.25) is 0 Å². The smallest absolute Gasteiger partial charge is 0.133 e. The van der Waals surface area contributed by atoms with E-state index in [9.17, 15) is 0 Å². The fraction of sp³-hybridized carbons (Fsp3) is 0.400. The number of aliphatic hydroxyl groups is 1.